The summed E-state index contributed by atoms with van der Waals surface area (Å²) in [7, 11) is 0. The number of nitrogens with zero attached hydrogens (tertiary/aromatic N) is 1. The van der Waals surface area contributed by atoms with E-state index in [1.807, 2.05) is 0 Å². The monoisotopic (exact) mass is 321 g/mol. The van der Waals surface area contributed by atoms with Crippen molar-refractivity contribution < 1.29 is 13.2 Å². The minimum atomic E-state index is -0.795. The average Bonchev–Trinajstić information content (AvgIpc) is 2.57. The molecule has 0 radical (unpaired) electrons. The van der Waals surface area contributed by atoms with E-state index in [0.29, 0.717) is 18.3 Å². The van der Waals surface area contributed by atoms with Gasteiger partial charge < -0.3 is 0 Å². The summed E-state index contributed by atoms with van der Waals surface area (Å²) in [6, 6.07) is 5.63. The van der Waals surface area contributed by atoms with Crippen molar-refractivity contribution in [2.75, 3.05) is 0 Å². The molecule has 0 aliphatic heterocycles. The zero-order chi connectivity index (χ0) is 16.7. The molecule has 1 fully saturated rings. The summed E-state index contributed by atoms with van der Waals surface area (Å²) < 4.78 is 38.8. The second-order valence-electron chi connectivity index (χ2n) is 6.42. The molecule has 2 rings (SSSR count). The Bertz CT molecular complexity index is 581. The lowest BCUT2D eigenvalue weighted by Gasteiger charge is -2.28. The maximum atomic E-state index is 13.2. The predicted octanol–water partition coefficient (Wildman–Crippen LogP) is 5.86. The fourth-order valence-electron chi connectivity index (χ4n) is 3.37. The first-order valence-electron chi connectivity index (χ1n) is 8.28. The normalized spacial score (nSPS) is 21.9. The van der Waals surface area contributed by atoms with Crippen LogP contribution in [0.25, 0.3) is 0 Å². The maximum absolute atomic E-state index is 13.2. The molecule has 0 bridgehead atoms. The van der Waals surface area contributed by atoms with Crippen molar-refractivity contribution in [3.05, 3.63) is 47.3 Å². The van der Waals surface area contributed by atoms with E-state index in [9.17, 15) is 13.2 Å². The molecule has 1 aliphatic rings. The van der Waals surface area contributed by atoms with E-state index in [0.717, 1.165) is 50.5 Å². The van der Waals surface area contributed by atoms with Gasteiger partial charge in [-0.25, -0.2) is 8.78 Å². The van der Waals surface area contributed by atoms with E-state index in [-0.39, 0.29) is 0 Å². The third-order valence-corrected chi connectivity index (χ3v) is 4.80. The van der Waals surface area contributed by atoms with Crippen LogP contribution < -0.4 is 0 Å². The Kier molecular flexibility index (Phi) is 6.70. The predicted molar refractivity (Wildman–Crippen MR) is 84.2 cm³/mol. The number of halogens is 3. The first-order valence-corrected chi connectivity index (χ1v) is 8.28. The molecule has 0 spiro atoms. The summed E-state index contributed by atoms with van der Waals surface area (Å²) in [6.07, 6.45) is 9.25. The molecule has 0 atom stereocenters. The van der Waals surface area contributed by atoms with E-state index < -0.39 is 17.5 Å². The fourth-order valence-corrected chi connectivity index (χ4v) is 3.37. The highest BCUT2D eigenvalue weighted by Crippen LogP contribution is 2.34. The Morgan fingerprint density at radius 3 is 2.35 bits per heavy atom. The molecule has 0 N–H and O–H groups in total. The number of hydrogen-bond acceptors (Lipinski definition) is 1. The number of benzene rings is 1. The number of nitriles is 1. The average molecular weight is 321 g/mol. The summed E-state index contributed by atoms with van der Waals surface area (Å²) in [4.78, 5) is 0. The van der Waals surface area contributed by atoms with Gasteiger partial charge in [-0.15, -0.1) is 0 Å². The van der Waals surface area contributed by atoms with Gasteiger partial charge in [0.05, 0.1) is 0 Å². The molecule has 1 aliphatic carbocycles. The molecule has 1 aromatic rings. The van der Waals surface area contributed by atoms with Crippen LogP contribution in [0.1, 0.15) is 50.5 Å². The van der Waals surface area contributed by atoms with Gasteiger partial charge in [0.2, 0.25) is 0 Å². The third kappa shape index (κ3) is 5.74. The number of allylic oxidation sites excluding steroid dienone is 2. The molecule has 23 heavy (non-hydrogen) atoms. The molecule has 0 aromatic heterocycles. The Labute approximate surface area is 135 Å². The third-order valence-electron chi connectivity index (χ3n) is 4.80. The van der Waals surface area contributed by atoms with Gasteiger partial charge in [0, 0.05) is 0 Å². The molecule has 0 saturated heterocycles. The second kappa shape index (κ2) is 8.76. The quantitative estimate of drug-likeness (QED) is 0.602. The minimum absolute atomic E-state index is 0.609. The van der Waals surface area contributed by atoms with Crippen molar-refractivity contribution >= 4 is 0 Å². The van der Waals surface area contributed by atoms with Crippen LogP contribution in [0.2, 0.25) is 0 Å². The SMILES string of the molecule is N#C/C(F)=C/CCC1CCC(CCc2ccc(F)c(F)c2)CC1. The Morgan fingerprint density at radius 1 is 1.09 bits per heavy atom. The lowest BCUT2D eigenvalue weighted by Crippen LogP contribution is -2.15. The summed E-state index contributed by atoms with van der Waals surface area (Å²) in [5, 5.41) is 8.35. The van der Waals surface area contributed by atoms with Gasteiger partial charge in [-0.1, -0.05) is 31.7 Å². The summed E-state index contributed by atoms with van der Waals surface area (Å²) in [5.74, 6) is -1.02. The van der Waals surface area contributed by atoms with Gasteiger partial charge in [-0.2, -0.15) is 9.65 Å². The van der Waals surface area contributed by atoms with E-state index in [1.54, 1.807) is 6.07 Å². The second-order valence-corrected chi connectivity index (χ2v) is 6.42. The largest absolute Gasteiger partial charge is 0.204 e. The van der Waals surface area contributed by atoms with Crippen molar-refractivity contribution in [1.29, 1.82) is 5.26 Å². The Morgan fingerprint density at radius 2 is 1.74 bits per heavy atom. The zero-order valence-corrected chi connectivity index (χ0v) is 13.2. The molecule has 124 valence electrons. The summed E-state index contributed by atoms with van der Waals surface area (Å²) in [5.41, 5.74) is 0.850. The molecule has 1 aromatic carbocycles. The van der Waals surface area contributed by atoms with E-state index in [4.69, 9.17) is 5.26 Å². The highest BCUT2D eigenvalue weighted by atomic mass is 19.2. The van der Waals surface area contributed by atoms with Gasteiger partial charge in [-0.05, 0) is 61.3 Å². The molecular weight excluding hydrogens is 299 g/mol. The minimum Gasteiger partial charge on any atom is -0.204 e. The van der Waals surface area contributed by atoms with Crippen molar-refractivity contribution in [3.8, 4) is 6.07 Å². The van der Waals surface area contributed by atoms with Crippen LogP contribution in [0.5, 0.6) is 0 Å². The topological polar surface area (TPSA) is 23.8 Å². The van der Waals surface area contributed by atoms with E-state index in [1.165, 1.54) is 24.3 Å². The van der Waals surface area contributed by atoms with Crippen molar-refractivity contribution in [1.82, 2.24) is 0 Å². The summed E-state index contributed by atoms with van der Waals surface area (Å²) >= 11 is 0. The molecule has 1 nitrogen and oxygen atoms in total. The number of hydrogen-bond donors (Lipinski definition) is 0. The lowest BCUT2D eigenvalue weighted by molar-refractivity contribution is 0.254. The van der Waals surface area contributed by atoms with Crippen LogP contribution in [0.4, 0.5) is 13.2 Å². The highest BCUT2D eigenvalue weighted by Gasteiger charge is 2.20. The van der Waals surface area contributed by atoms with Gasteiger partial charge in [0.1, 0.15) is 6.07 Å². The molecule has 0 amide bonds. The van der Waals surface area contributed by atoms with E-state index in [2.05, 4.69) is 0 Å². The van der Waals surface area contributed by atoms with E-state index >= 15 is 0 Å². The number of rotatable bonds is 6. The zero-order valence-electron chi connectivity index (χ0n) is 13.2. The first kappa shape index (κ1) is 17.6. The van der Waals surface area contributed by atoms with Crippen molar-refractivity contribution in [2.24, 2.45) is 11.8 Å². The molecular formula is C19H22F3N. The molecule has 0 heterocycles. The summed E-state index contributed by atoms with van der Waals surface area (Å²) in [6.45, 7) is 0. The molecule has 1 saturated carbocycles. The first-order chi connectivity index (χ1) is 11.1. The van der Waals surface area contributed by atoms with Crippen molar-refractivity contribution in [2.45, 2.75) is 51.4 Å². The van der Waals surface area contributed by atoms with Crippen LogP contribution in [0, 0.1) is 34.8 Å². The van der Waals surface area contributed by atoms with Crippen LogP contribution >= 0.6 is 0 Å². The van der Waals surface area contributed by atoms with Gasteiger partial charge >= 0.3 is 0 Å². The fraction of sp³-hybridized carbons (Fsp3) is 0.526. The highest BCUT2D eigenvalue weighted by molar-refractivity contribution is 5.17. The standard InChI is InChI=1S/C19H22F3N/c20-17(13-23)3-1-2-14-4-6-15(7-5-14)8-9-16-10-11-18(21)19(22)12-16/h3,10-12,14-15H,1-2,4-9H2/b17-3-. The van der Waals surface area contributed by atoms with Gasteiger partial charge in [0.15, 0.2) is 17.5 Å². The molecule has 0 unspecified atom stereocenters. The lowest BCUT2D eigenvalue weighted by atomic mass is 9.78. The van der Waals surface area contributed by atoms with Gasteiger partial charge in [-0.3, -0.25) is 0 Å². The Balaban J connectivity index is 1.68. The van der Waals surface area contributed by atoms with Gasteiger partial charge in [0.25, 0.3) is 0 Å². The van der Waals surface area contributed by atoms with Crippen LogP contribution in [-0.4, -0.2) is 0 Å². The smallest absolute Gasteiger partial charge is 0.196 e. The number of aryl methyl sites for hydroxylation is 1. The van der Waals surface area contributed by atoms with Crippen LogP contribution in [0.3, 0.4) is 0 Å². The van der Waals surface area contributed by atoms with Crippen LogP contribution in [0.15, 0.2) is 30.1 Å². The Hall–Kier alpha value is -1.76. The maximum Gasteiger partial charge on any atom is 0.196 e. The van der Waals surface area contributed by atoms with Crippen LogP contribution in [-0.2, 0) is 6.42 Å². The molecule has 4 heteroatoms. The van der Waals surface area contributed by atoms with Crippen molar-refractivity contribution in [3.63, 3.8) is 0 Å².